The van der Waals surface area contributed by atoms with Gasteiger partial charge >= 0.3 is 0 Å². The molecule has 0 spiro atoms. The van der Waals surface area contributed by atoms with Crippen LogP contribution in [0.2, 0.25) is 0 Å². The first kappa shape index (κ1) is 8.53. The highest BCUT2D eigenvalue weighted by Crippen LogP contribution is 2.17. The second-order valence-electron chi connectivity index (χ2n) is 3.28. The van der Waals surface area contributed by atoms with Crippen LogP contribution >= 0.6 is 0 Å². The van der Waals surface area contributed by atoms with Gasteiger partial charge in [-0.05, 0) is 19.8 Å². The predicted molar refractivity (Wildman–Crippen MR) is 44.0 cm³/mol. The highest BCUT2D eigenvalue weighted by Gasteiger charge is 2.18. The Labute approximate surface area is 67.3 Å². The first-order valence-electron chi connectivity index (χ1n) is 4.26. The number of rotatable bonds is 2. The number of carbonyl (C=O) groups is 1. The van der Waals surface area contributed by atoms with Crippen LogP contribution in [0.1, 0.15) is 32.6 Å². The Morgan fingerprint density at radius 1 is 1.55 bits per heavy atom. The minimum atomic E-state index is -0.365. The number of hydrogen-bond donors (Lipinski definition) is 2. The topological polar surface area (TPSA) is 55.1 Å². The number of nitrogens with one attached hydrogen (secondary N) is 1. The van der Waals surface area contributed by atoms with Crippen LogP contribution in [0, 0.1) is 0 Å². The van der Waals surface area contributed by atoms with E-state index in [1.54, 1.807) is 6.92 Å². The van der Waals surface area contributed by atoms with E-state index < -0.39 is 0 Å². The maximum absolute atomic E-state index is 11.1. The Morgan fingerprint density at radius 2 is 2.09 bits per heavy atom. The van der Waals surface area contributed by atoms with Crippen molar-refractivity contribution in [3.05, 3.63) is 0 Å². The Kier molecular flexibility index (Phi) is 2.88. The molecule has 3 N–H and O–H groups in total. The summed E-state index contributed by atoms with van der Waals surface area (Å²) in [6.07, 6.45) is 4.73. The molecule has 1 amide bonds. The fourth-order valence-electron chi connectivity index (χ4n) is 1.40. The van der Waals surface area contributed by atoms with Gasteiger partial charge in [-0.2, -0.15) is 0 Å². The van der Waals surface area contributed by atoms with Crippen molar-refractivity contribution >= 4 is 5.91 Å². The molecular weight excluding hydrogens is 140 g/mol. The molecule has 64 valence electrons. The van der Waals surface area contributed by atoms with Crippen LogP contribution in [-0.2, 0) is 4.79 Å². The standard InChI is InChI=1S/C8H16N2O/c1-6(9)8(11)10-7-4-2-3-5-7/h6-7H,2-5,9H2,1H3,(H,10,11). The minimum Gasteiger partial charge on any atom is -0.352 e. The molecule has 3 heteroatoms. The zero-order valence-electron chi connectivity index (χ0n) is 6.97. The molecule has 1 atom stereocenters. The van der Waals surface area contributed by atoms with Gasteiger partial charge in [0, 0.05) is 6.04 Å². The molecule has 3 nitrogen and oxygen atoms in total. The largest absolute Gasteiger partial charge is 0.352 e. The highest BCUT2D eigenvalue weighted by atomic mass is 16.2. The van der Waals surface area contributed by atoms with Crippen LogP contribution in [0.3, 0.4) is 0 Å². The maximum Gasteiger partial charge on any atom is 0.236 e. The Morgan fingerprint density at radius 3 is 2.55 bits per heavy atom. The van der Waals surface area contributed by atoms with Crippen molar-refractivity contribution in [1.82, 2.24) is 5.32 Å². The normalized spacial score (nSPS) is 21.6. The molecule has 1 aliphatic rings. The number of amides is 1. The van der Waals surface area contributed by atoms with Crippen molar-refractivity contribution in [2.24, 2.45) is 5.73 Å². The van der Waals surface area contributed by atoms with Crippen molar-refractivity contribution in [3.8, 4) is 0 Å². The van der Waals surface area contributed by atoms with Crippen molar-refractivity contribution in [1.29, 1.82) is 0 Å². The summed E-state index contributed by atoms with van der Waals surface area (Å²) in [6.45, 7) is 1.71. The molecule has 0 aromatic rings. The van der Waals surface area contributed by atoms with E-state index >= 15 is 0 Å². The van der Waals surface area contributed by atoms with Crippen LogP contribution in [0.5, 0.6) is 0 Å². The summed E-state index contributed by atoms with van der Waals surface area (Å²) in [7, 11) is 0. The zero-order valence-corrected chi connectivity index (χ0v) is 6.97. The van der Waals surface area contributed by atoms with E-state index in [1.807, 2.05) is 0 Å². The van der Waals surface area contributed by atoms with Gasteiger partial charge in [0.2, 0.25) is 5.91 Å². The van der Waals surface area contributed by atoms with E-state index in [9.17, 15) is 4.79 Å². The summed E-state index contributed by atoms with van der Waals surface area (Å²) >= 11 is 0. The van der Waals surface area contributed by atoms with Crippen molar-refractivity contribution in [3.63, 3.8) is 0 Å². The summed E-state index contributed by atoms with van der Waals surface area (Å²) in [6, 6.07) is 0.0316. The van der Waals surface area contributed by atoms with Gasteiger partial charge < -0.3 is 11.1 Å². The van der Waals surface area contributed by atoms with Crippen LogP contribution in [0.4, 0.5) is 0 Å². The van der Waals surface area contributed by atoms with Gasteiger partial charge in [-0.15, -0.1) is 0 Å². The van der Waals surface area contributed by atoms with Gasteiger partial charge in [0.05, 0.1) is 6.04 Å². The summed E-state index contributed by atoms with van der Waals surface area (Å²) in [5.74, 6) is -0.0168. The third-order valence-electron chi connectivity index (χ3n) is 2.12. The Bertz CT molecular complexity index is 139. The maximum atomic E-state index is 11.1. The van der Waals surface area contributed by atoms with Crippen LogP contribution in [0.15, 0.2) is 0 Å². The first-order chi connectivity index (χ1) is 5.20. The van der Waals surface area contributed by atoms with E-state index in [0.717, 1.165) is 12.8 Å². The van der Waals surface area contributed by atoms with Gasteiger partial charge in [-0.25, -0.2) is 0 Å². The molecule has 1 aliphatic carbocycles. The van der Waals surface area contributed by atoms with E-state index in [4.69, 9.17) is 5.73 Å². The average molecular weight is 156 g/mol. The molecule has 0 saturated heterocycles. The lowest BCUT2D eigenvalue weighted by atomic mass is 10.2. The lowest BCUT2D eigenvalue weighted by molar-refractivity contribution is -0.122. The average Bonchev–Trinajstić information content (AvgIpc) is 2.39. The lowest BCUT2D eigenvalue weighted by Gasteiger charge is -2.13. The lowest BCUT2D eigenvalue weighted by Crippen LogP contribution is -2.42. The van der Waals surface area contributed by atoms with Gasteiger partial charge in [-0.1, -0.05) is 12.8 Å². The van der Waals surface area contributed by atoms with Crippen molar-refractivity contribution in [2.75, 3.05) is 0 Å². The van der Waals surface area contributed by atoms with Crippen LogP contribution in [-0.4, -0.2) is 18.0 Å². The monoisotopic (exact) mass is 156 g/mol. The number of hydrogen-bond acceptors (Lipinski definition) is 2. The van der Waals surface area contributed by atoms with E-state index in [0.29, 0.717) is 6.04 Å². The summed E-state index contributed by atoms with van der Waals surface area (Å²) in [5, 5.41) is 2.91. The van der Waals surface area contributed by atoms with E-state index in [1.165, 1.54) is 12.8 Å². The highest BCUT2D eigenvalue weighted by molar-refractivity contribution is 5.81. The third kappa shape index (κ3) is 2.50. The zero-order chi connectivity index (χ0) is 8.27. The smallest absolute Gasteiger partial charge is 0.236 e. The Balaban J connectivity index is 2.24. The summed E-state index contributed by atoms with van der Waals surface area (Å²) in [4.78, 5) is 11.1. The van der Waals surface area contributed by atoms with Gasteiger partial charge in [0.15, 0.2) is 0 Å². The van der Waals surface area contributed by atoms with E-state index in [2.05, 4.69) is 5.32 Å². The molecule has 1 rings (SSSR count). The molecule has 11 heavy (non-hydrogen) atoms. The molecular formula is C8H16N2O. The second-order valence-corrected chi connectivity index (χ2v) is 3.28. The van der Waals surface area contributed by atoms with Crippen molar-refractivity contribution in [2.45, 2.75) is 44.7 Å². The quantitative estimate of drug-likeness (QED) is 0.607. The summed E-state index contributed by atoms with van der Waals surface area (Å²) in [5.41, 5.74) is 5.40. The third-order valence-corrected chi connectivity index (χ3v) is 2.12. The molecule has 0 bridgehead atoms. The van der Waals surface area contributed by atoms with E-state index in [-0.39, 0.29) is 11.9 Å². The molecule has 0 radical (unpaired) electrons. The molecule has 0 aromatic carbocycles. The molecule has 0 aliphatic heterocycles. The van der Waals surface area contributed by atoms with Crippen molar-refractivity contribution < 1.29 is 4.79 Å². The first-order valence-corrected chi connectivity index (χ1v) is 4.26. The number of carbonyl (C=O) groups excluding carboxylic acids is 1. The second kappa shape index (κ2) is 3.72. The summed E-state index contributed by atoms with van der Waals surface area (Å²) < 4.78 is 0. The predicted octanol–water partition coefficient (Wildman–Crippen LogP) is 0.392. The molecule has 1 unspecified atom stereocenters. The van der Waals surface area contributed by atoms with Gasteiger partial charge in [0.1, 0.15) is 0 Å². The fourth-order valence-corrected chi connectivity index (χ4v) is 1.40. The Hall–Kier alpha value is -0.570. The minimum absolute atomic E-state index is 0.0168. The fraction of sp³-hybridized carbons (Fsp3) is 0.875. The molecule has 1 saturated carbocycles. The molecule has 0 aromatic heterocycles. The SMILES string of the molecule is CC(N)C(=O)NC1CCCC1. The van der Waals surface area contributed by atoms with Crippen LogP contribution in [0.25, 0.3) is 0 Å². The number of nitrogens with two attached hydrogens (primary N) is 1. The van der Waals surface area contributed by atoms with Gasteiger partial charge in [0.25, 0.3) is 0 Å². The van der Waals surface area contributed by atoms with Crippen LogP contribution < -0.4 is 11.1 Å². The molecule has 0 heterocycles. The molecule has 1 fully saturated rings. The van der Waals surface area contributed by atoms with Gasteiger partial charge in [-0.3, -0.25) is 4.79 Å².